The molecule has 368 valence electrons. The van der Waals surface area contributed by atoms with Crippen molar-refractivity contribution in [2.24, 2.45) is 0 Å². The van der Waals surface area contributed by atoms with Crippen LogP contribution in [0.15, 0.2) is 72.8 Å². The normalized spacial score (nSPS) is 11.1. The third kappa shape index (κ3) is 21.4. The summed E-state index contributed by atoms with van der Waals surface area (Å²) >= 11 is 0. The third-order valence-electron chi connectivity index (χ3n) is 14.0. The van der Waals surface area contributed by atoms with E-state index in [-0.39, 0.29) is 58.9 Å². The summed E-state index contributed by atoms with van der Waals surface area (Å²) in [5, 5.41) is 6.59. The summed E-state index contributed by atoms with van der Waals surface area (Å²) in [7, 11) is -2.81. The van der Waals surface area contributed by atoms with Crippen molar-refractivity contribution >= 4 is 28.8 Å². The fourth-order valence-electron chi connectivity index (χ4n) is 10.3. The molecule has 0 aliphatic rings. The van der Waals surface area contributed by atoms with E-state index >= 15 is 0 Å². The Balaban J connectivity index is 0.0000106. The molecule has 0 amide bonds. The van der Waals surface area contributed by atoms with Crippen LogP contribution in [0, 0.1) is 0 Å². The second-order valence-electron chi connectivity index (χ2n) is 19.6. The molecule has 0 fully saturated rings. The van der Waals surface area contributed by atoms with Gasteiger partial charge in [-0.25, -0.2) is 6.07 Å². The van der Waals surface area contributed by atoms with Crippen molar-refractivity contribution < 1.29 is 58.9 Å². The molecule has 0 spiro atoms. The van der Waals surface area contributed by atoms with Gasteiger partial charge < -0.3 is 37.2 Å². The molecular weight excluding hydrogens is 915 g/mol. The van der Waals surface area contributed by atoms with Crippen molar-refractivity contribution in [1.82, 2.24) is 0 Å². The molecule has 0 aliphatic carbocycles. The topological polar surface area (TPSA) is 0 Å². The molecule has 4 aromatic carbocycles. The Labute approximate surface area is 443 Å². The Morgan fingerprint density at radius 1 is 0.318 bits per heavy atom. The van der Waals surface area contributed by atoms with Crippen molar-refractivity contribution in [3.8, 4) is 0 Å². The van der Waals surface area contributed by atoms with Crippen LogP contribution in [0.1, 0.15) is 242 Å². The van der Waals surface area contributed by atoms with Crippen LogP contribution >= 0.6 is 0 Å². The fourth-order valence-corrected chi connectivity index (χ4v) is 15.4. The third-order valence-corrected chi connectivity index (χ3v) is 18.7. The van der Waals surface area contributed by atoms with Gasteiger partial charge in [0, 0.05) is 0 Å². The van der Waals surface area contributed by atoms with Crippen LogP contribution in [-0.4, -0.2) is 8.07 Å². The molecule has 0 heterocycles. The smallest absolute Gasteiger partial charge is 1.00 e. The summed E-state index contributed by atoms with van der Waals surface area (Å²) in [6.45, 7) is 16.5. The van der Waals surface area contributed by atoms with Crippen LogP contribution in [0.5, 0.6) is 0 Å². The fraction of sp³-hybridized carbons (Fsp3) is 0.623. The molecule has 0 saturated carbocycles. The van der Waals surface area contributed by atoms with E-state index in [0.29, 0.717) is 0 Å². The van der Waals surface area contributed by atoms with Gasteiger partial charge in [-0.3, -0.25) is 0 Å². The molecule has 0 N–H and O–H groups in total. The first kappa shape index (κ1) is 64.8. The Bertz CT molecular complexity index is 1530. The average Bonchev–Trinajstić information content (AvgIpc) is 3.77. The maximum Gasteiger partial charge on any atom is 4.00 e. The van der Waals surface area contributed by atoms with Gasteiger partial charge in [0.2, 0.25) is 0 Å². The second-order valence-corrected chi connectivity index (χ2v) is 23.4. The number of hydrogen-bond acceptors (Lipinski definition) is 0. The molecule has 5 heteroatoms. The van der Waals surface area contributed by atoms with Gasteiger partial charge in [0.15, 0.2) is 0 Å². The van der Waals surface area contributed by atoms with Gasteiger partial charge in [0.25, 0.3) is 0 Å². The molecular formula is C61H95Cl3SiTi. The zero-order valence-corrected chi connectivity index (χ0v) is 48.3. The molecule has 0 saturated heterocycles. The standard InChI is InChI=1S/C61H95Si.3ClH.Ti/c1-8-15-21-27-33-52-41-53(34-28-22-16-9-2)46-59(45-52)62(58-40-39-51(14-7)44-58,60-47-54(35-29-23-17-10-3)42-55(48-60)36-30-24-18-11-4)61-49-56(37-31-25-19-12-5)43-57(50-61)38-32-26-20-13-6;;;;/h39-50H,8-38H2,1-7H3;3*1H;/q-1;;;;+4/p-3. The number of unbranched alkanes of at least 4 members (excludes halogenated alkanes) is 18. The molecule has 0 unspecified atom stereocenters. The van der Waals surface area contributed by atoms with Crippen molar-refractivity contribution in [1.29, 1.82) is 0 Å². The van der Waals surface area contributed by atoms with E-state index in [0.717, 1.165) is 6.42 Å². The van der Waals surface area contributed by atoms with Crippen molar-refractivity contribution in [3.05, 3.63) is 112 Å². The summed E-state index contributed by atoms with van der Waals surface area (Å²) in [5.41, 5.74) is 11.0. The van der Waals surface area contributed by atoms with Crippen LogP contribution in [0.3, 0.4) is 0 Å². The Morgan fingerprint density at radius 3 is 0.758 bits per heavy atom. The Morgan fingerprint density at radius 2 is 0.561 bits per heavy atom. The molecule has 0 nitrogen and oxygen atoms in total. The van der Waals surface area contributed by atoms with Gasteiger partial charge in [-0.15, -0.1) is 5.19 Å². The average molecular weight is 1010 g/mol. The quantitative estimate of drug-likeness (QED) is 0.0200. The number of hydrogen-bond donors (Lipinski definition) is 0. The van der Waals surface area contributed by atoms with Gasteiger partial charge in [-0.05, 0) is 110 Å². The second kappa shape index (κ2) is 38.6. The maximum atomic E-state index is 2.77. The Hall–Kier alpha value is -1.19. The van der Waals surface area contributed by atoms with E-state index in [2.05, 4.69) is 121 Å². The molecule has 4 aromatic rings. The molecule has 0 bridgehead atoms. The summed E-state index contributed by atoms with van der Waals surface area (Å²) in [6.07, 6.45) is 39.8. The zero-order chi connectivity index (χ0) is 44.3. The van der Waals surface area contributed by atoms with E-state index in [1.807, 2.05) is 0 Å². The number of benzene rings is 3. The Kier molecular flexibility index (Phi) is 37.9. The molecule has 66 heavy (non-hydrogen) atoms. The van der Waals surface area contributed by atoms with Gasteiger partial charge in [-0.2, -0.15) is 17.7 Å². The van der Waals surface area contributed by atoms with E-state index in [1.165, 1.54) is 198 Å². The van der Waals surface area contributed by atoms with Crippen LogP contribution in [0.25, 0.3) is 0 Å². The first-order valence-corrected chi connectivity index (χ1v) is 29.1. The number of rotatable bonds is 35. The van der Waals surface area contributed by atoms with Gasteiger partial charge in [0.05, 0.1) is 0 Å². The molecule has 4 rings (SSSR count). The summed E-state index contributed by atoms with van der Waals surface area (Å²) in [5.74, 6) is 0. The summed E-state index contributed by atoms with van der Waals surface area (Å²) < 4.78 is 0. The first-order chi connectivity index (χ1) is 30.4. The number of aryl methyl sites for hydroxylation is 7. The predicted octanol–water partition coefficient (Wildman–Crippen LogP) is 7.09. The van der Waals surface area contributed by atoms with Crippen molar-refractivity contribution in [2.75, 3.05) is 0 Å². The van der Waals surface area contributed by atoms with E-state index in [9.17, 15) is 0 Å². The van der Waals surface area contributed by atoms with E-state index < -0.39 is 8.07 Å². The minimum atomic E-state index is -2.81. The van der Waals surface area contributed by atoms with Crippen LogP contribution in [0.2, 0.25) is 0 Å². The van der Waals surface area contributed by atoms with Crippen molar-refractivity contribution in [2.45, 2.75) is 248 Å². The van der Waals surface area contributed by atoms with Gasteiger partial charge >= 0.3 is 21.7 Å². The van der Waals surface area contributed by atoms with Gasteiger partial charge in [0.1, 0.15) is 8.07 Å². The van der Waals surface area contributed by atoms with Gasteiger partial charge in [-0.1, -0.05) is 241 Å². The predicted molar refractivity (Wildman–Crippen MR) is 282 cm³/mol. The van der Waals surface area contributed by atoms with Crippen LogP contribution in [0.4, 0.5) is 0 Å². The molecule has 0 radical (unpaired) electrons. The first-order valence-electron chi connectivity index (χ1n) is 27.1. The number of halogens is 3. The minimum absolute atomic E-state index is 0. The van der Waals surface area contributed by atoms with E-state index in [4.69, 9.17) is 0 Å². The zero-order valence-electron chi connectivity index (χ0n) is 43.5. The monoisotopic (exact) mass is 1010 g/mol. The summed E-state index contributed by atoms with van der Waals surface area (Å²) in [4.78, 5) is 0. The van der Waals surface area contributed by atoms with Crippen molar-refractivity contribution in [3.63, 3.8) is 0 Å². The minimum Gasteiger partial charge on any atom is -1.00 e. The largest absolute Gasteiger partial charge is 4.00 e. The molecule has 0 aliphatic heterocycles. The molecule has 0 atom stereocenters. The maximum absolute atomic E-state index is 2.81. The molecule has 0 aromatic heterocycles. The van der Waals surface area contributed by atoms with Crippen LogP contribution in [-0.2, 0) is 66.7 Å². The van der Waals surface area contributed by atoms with E-state index in [1.54, 1.807) is 54.1 Å². The SMILES string of the molecule is CCCCCCc1cc(CCCCCC)cc([Si](c2cc(CCCCCC)cc(CCCCCC)c2)(c2cc(CCCCCC)cc(CCCCCC)c2)[c-]2ccc(CC)c2)c1.[Cl-].[Cl-].[Cl-].[Ti+4]. The summed E-state index contributed by atoms with van der Waals surface area (Å²) in [6, 6.07) is 32.4. The van der Waals surface area contributed by atoms with Crippen LogP contribution < -0.4 is 58.0 Å².